The van der Waals surface area contributed by atoms with Crippen molar-refractivity contribution < 1.29 is 8.92 Å². The van der Waals surface area contributed by atoms with Gasteiger partial charge in [0.05, 0.1) is 23.2 Å². The van der Waals surface area contributed by atoms with Crippen LogP contribution in [-0.4, -0.2) is 0 Å². The van der Waals surface area contributed by atoms with E-state index in [-0.39, 0.29) is 0 Å². The molecule has 2 heterocycles. The molecule has 2 aliphatic heterocycles. The SMILES string of the molecule is C1=COC2=COSC2=C1. The van der Waals surface area contributed by atoms with Gasteiger partial charge in [-0.15, -0.1) is 0 Å². The van der Waals surface area contributed by atoms with Crippen LogP contribution in [0, 0.1) is 0 Å². The lowest BCUT2D eigenvalue weighted by molar-refractivity contribution is 0.352. The first-order valence-electron chi connectivity index (χ1n) is 2.54. The maximum Gasteiger partial charge on any atom is 0.179 e. The molecule has 3 heteroatoms. The van der Waals surface area contributed by atoms with Gasteiger partial charge in [0.15, 0.2) is 5.76 Å². The number of fused-ring (bicyclic) bond motifs is 1. The van der Waals surface area contributed by atoms with E-state index in [0.29, 0.717) is 0 Å². The lowest BCUT2D eigenvalue weighted by Crippen LogP contribution is -1.86. The van der Waals surface area contributed by atoms with Gasteiger partial charge < -0.3 is 8.92 Å². The average Bonchev–Trinajstić information content (AvgIpc) is 2.33. The zero-order valence-electron chi connectivity index (χ0n) is 4.53. The Morgan fingerprint density at radius 2 is 2.44 bits per heavy atom. The first-order chi connectivity index (χ1) is 4.47. The van der Waals surface area contributed by atoms with E-state index in [2.05, 4.69) is 0 Å². The van der Waals surface area contributed by atoms with E-state index in [9.17, 15) is 0 Å². The van der Waals surface area contributed by atoms with Crippen LogP contribution in [0.25, 0.3) is 0 Å². The minimum atomic E-state index is 0.808. The van der Waals surface area contributed by atoms with Gasteiger partial charge in [-0.1, -0.05) is 0 Å². The molecule has 0 aromatic carbocycles. The Hall–Kier alpha value is -0.830. The summed E-state index contributed by atoms with van der Waals surface area (Å²) in [6, 6.07) is 0. The summed E-state index contributed by atoms with van der Waals surface area (Å²) in [5.41, 5.74) is 0. The summed E-state index contributed by atoms with van der Waals surface area (Å²) in [4.78, 5) is 1.04. The van der Waals surface area contributed by atoms with Crippen molar-refractivity contribution in [3.05, 3.63) is 35.3 Å². The van der Waals surface area contributed by atoms with Gasteiger partial charge >= 0.3 is 0 Å². The van der Waals surface area contributed by atoms with Crippen LogP contribution >= 0.6 is 12.0 Å². The van der Waals surface area contributed by atoms with Crippen LogP contribution in [0.1, 0.15) is 0 Å². The molecule has 2 aliphatic rings. The maximum atomic E-state index is 5.07. The first kappa shape index (κ1) is 4.99. The number of ether oxygens (including phenoxy) is 1. The molecule has 0 radical (unpaired) electrons. The molecule has 9 heavy (non-hydrogen) atoms. The van der Waals surface area contributed by atoms with Crippen LogP contribution < -0.4 is 0 Å². The highest BCUT2D eigenvalue weighted by atomic mass is 32.2. The summed E-state index contributed by atoms with van der Waals surface area (Å²) >= 11 is 1.32. The topological polar surface area (TPSA) is 18.5 Å². The normalized spacial score (nSPS) is 21.3. The molecule has 0 saturated heterocycles. The third kappa shape index (κ3) is 0.733. The fourth-order valence-corrected chi connectivity index (χ4v) is 1.21. The summed E-state index contributed by atoms with van der Waals surface area (Å²) in [5, 5.41) is 0. The van der Waals surface area contributed by atoms with E-state index in [0.717, 1.165) is 10.7 Å². The average molecular weight is 140 g/mol. The molecule has 2 rings (SSSR count). The zero-order valence-corrected chi connectivity index (χ0v) is 5.35. The van der Waals surface area contributed by atoms with E-state index in [1.807, 2.05) is 12.2 Å². The molecule has 0 aliphatic carbocycles. The third-order valence-electron chi connectivity index (χ3n) is 1.06. The Morgan fingerprint density at radius 3 is 3.33 bits per heavy atom. The van der Waals surface area contributed by atoms with Crippen LogP contribution in [0.4, 0.5) is 0 Å². The molecule has 0 saturated carbocycles. The first-order valence-corrected chi connectivity index (χ1v) is 3.28. The Labute approximate surface area is 57.0 Å². The van der Waals surface area contributed by atoms with E-state index < -0.39 is 0 Å². The van der Waals surface area contributed by atoms with E-state index in [1.165, 1.54) is 12.0 Å². The van der Waals surface area contributed by atoms with E-state index in [1.54, 1.807) is 12.5 Å². The van der Waals surface area contributed by atoms with Crippen molar-refractivity contribution in [2.75, 3.05) is 0 Å². The van der Waals surface area contributed by atoms with Crippen LogP contribution in [0.15, 0.2) is 35.3 Å². The Morgan fingerprint density at radius 1 is 1.44 bits per heavy atom. The molecule has 0 aromatic rings. The van der Waals surface area contributed by atoms with Crippen molar-refractivity contribution in [1.29, 1.82) is 0 Å². The minimum absolute atomic E-state index is 0.808. The fraction of sp³-hybridized carbons (Fsp3) is 0. The second-order valence-corrected chi connectivity index (χ2v) is 2.44. The Bertz CT molecular complexity index is 215. The van der Waals surface area contributed by atoms with E-state index >= 15 is 0 Å². The molecule has 0 bridgehead atoms. The van der Waals surface area contributed by atoms with Crippen molar-refractivity contribution in [3.8, 4) is 0 Å². The Kier molecular flexibility index (Phi) is 1.02. The van der Waals surface area contributed by atoms with Crippen molar-refractivity contribution in [2.24, 2.45) is 0 Å². The van der Waals surface area contributed by atoms with Crippen molar-refractivity contribution >= 4 is 12.0 Å². The minimum Gasteiger partial charge on any atom is -0.460 e. The predicted octanol–water partition coefficient (Wildman–Crippen LogP) is 1.93. The fourth-order valence-electron chi connectivity index (χ4n) is 0.654. The quantitative estimate of drug-likeness (QED) is 0.479. The lowest BCUT2D eigenvalue weighted by Gasteiger charge is -2.02. The summed E-state index contributed by atoms with van der Waals surface area (Å²) < 4.78 is 9.98. The van der Waals surface area contributed by atoms with Crippen molar-refractivity contribution in [1.82, 2.24) is 0 Å². The summed E-state index contributed by atoms with van der Waals surface area (Å²) in [7, 11) is 0. The van der Waals surface area contributed by atoms with Crippen LogP contribution in [0.3, 0.4) is 0 Å². The van der Waals surface area contributed by atoms with Gasteiger partial charge in [0.1, 0.15) is 6.26 Å². The van der Waals surface area contributed by atoms with Crippen molar-refractivity contribution in [3.63, 3.8) is 0 Å². The summed E-state index contributed by atoms with van der Waals surface area (Å²) in [6.45, 7) is 0. The number of rotatable bonds is 0. The zero-order chi connectivity index (χ0) is 6.10. The molecule has 0 aromatic heterocycles. The largest absolute Gasteiger partial charge is 0.460 e. The molecular formula is C6H4O2S. The van der Waals surface area contributed by atoms with Gasteiger partial charge in [0.2, 0.25) is 0 Å². The monoisotopic (exact) mass is 140 g/mol. The van der Waals surface area contributed by atoms with Gasteiger partial charge in [-0.05, 0) is 12.2 Å². The van der Waals surface area contributed by atoms with Crippen molar-refractivity contribution in [2.45, 2.75) is 0 Å². The van der Waals surface area contributed by atoms with Crippen LogP contribution in [0.5, 0.6) is 0 Å². The smallest absolute Gasteiger partial charge is 0.179 e. The second-order valence-electron chi connectivity index (χ2n) is 1.64. The molecule has 0 spiro atoms. The van der Waals surface area contributed by atoms with Crippen LogP contribution in [0.2, 0.25) is 0 Å². The molecule has 46 valence electrons. The third-order valence-corrected chi connectivity index (χ3v) is 1.77. The van der Waals surface area contributed by atoms with Gasteiger partial charge in [0, 0.05) is 0 Å². The summed E-state index contributed by atoms with van der Waals surface area (Å²) in [6.07, 6.45) is 7.02. The maximum absolute atomic E-state index is 5.07. The highest BCUT2D eigenvalue weighted by Crippen LogP contribution is 2.34. The summed E-state index contributed by atoms with van der Waals surface area (Å²) in [5.74, 6) is 0.808. The molecule has 0 N–H and O–H groups in total. The van der Waals surface area contributed by atoms with Gasteiger partial charge in [-0.3, -0.25) is 0 Å². The lowest BCUT2D eigenvalue weighted by atomic mass is 10.4. The molecule has 0 unspecified atom stereocenters. The molecular weight excluding hydrogens is 136 g/mol. The standard InChI is InChI=1S/C6H4O2S/c1-2-6-5(7-3-1)4-8-9-6/h1-4H. The van der Waals surface area contributed by atoms with Crippen LogP contribution in [-0.2, 0) is 8.92 Å². The van der Waals surface area contributed by atoms with Gasteiger partial charge in [-0.25, -0.2) is 0 Å². The number of hydrogen-bond donors (Lipinski definition) is 0. The highest BCUT2D eigenvalue weighted by molar-refractivity contribution is 7.99. The molecule has 2 nitrogen and oxygen atoms in total. The predicted molar refractivity (Wildman–Crippen MR) is 35.1 cm³/mol. The number of allylic oxidation sites excluding steroid dienone is 2. The second kappa shape index (κ2) is 1.84. The molecule has 0 fully saturated rings. The Balaban J connectivity index is 2.37. The molecule has 0 amide bonds. The highest BCUT2D eigenvalue weighted by Gasteiger charge is 2.16. The van der Waals surface area contributed by atoms with E-state index in [4.69, 9.17) is 8.92 Å². The van der Waals surface area contributed by atoms with Gasteiger partial charge in [0.25, 0.3) is 0 Å². The van der Waals surface area contributed by atoms with Gasteiger partial charge in [-0.2, -0.15) is 0 Å². The number of hydrogen-bond acceptors (Lipinski definition) is 3. The molecule has 0 atom stereocenters.